The Kier molecular flexibility index (Phi) is 4.99. The van der Waals surface area contributed by atoms with Gasteiger partial charge < -0.3 is 5.11 Å². The van der Waals surface area contributed by atoms with Crippen molar-refractivity contribution < 1.29 is 14.3 Å². The van der Waals surface area contributed by atoms with E-state index in [0.29, 0.717) is 6.54 Å². The molecule has 1 saturated heterocycles. The summed E-state index contributed by atoms with van der Waals surface area (Å²) in [4.78, 5) is 14.0. The van der Waals surface area contributed by atoms with Gasteiger partial charge in [-0.05, 0) is 50.4 Å². The zero-order valence-corrected chi connectivity index (χ0v) is 12.8. The van der Waals surface area contributed by atoms with E-state index in [4.69, 9.17) is 0 Å². The molecule has 1 N–H and O–H groups in total. The van der Waals surface area contributed by atoms with Crippen molar-refractivity contribution in [1.29, 1.82) is 0 Å². The maximum atomic E-state index is 13.0. The van der Waals surface area contributed by atoms with Gasteiger partial charge in [0, 0.05) is 12.6 Å². The van der Waals surface area contributed by atoms with Crippen molar-refractivity contribution in [2.45, 2.75) is 45.6 Å². The summed E-state index contributed by atoms with van der Waals surface area (Å²) in [6, 6.07) is 6.62. The minimum absolute atomic E-state index is 0.112. The summed E-state index contributed by atoms with van der Waals surface area (Å²) in [7, 11) is 0. The molecule has 0 aliphatic carbocycles. The van der Waals surface area contributed by atoms with Gasteiger partial charge in [0.1, 0.15) is 5.82 Å². The van der Waals surface area contributed by atoms with Crippen molar-refractivity contribution >= 4 is 5.97 Å². The van der Waals surface area contributed by atoms with Gasteiger partial charge in [0.15, 0.2) is 0 Å². The van der Waals surface area contributed by atoms with Crippen LogP contribution in [0.4, 0.5) is 4.39 Å². The fraction of sp³-hybridized carbons (Fsp3) is 0.588. The van der Waals surface area contributed by atoms with Crippen LogP contribution in [-0.2, 0) is 4.79 Å². The Morgan fingerprint density at radius 2 is 2.10 bits per heavy atom. The van der Waals surface area contributed by atoms with Gasteiger partial charge in [0.25, 0.3) is 0 Å². The predicted molar refractivity (Wildman–Crippen MR) is 80.6 cm³/mol. The SMILES string of the molecule is CCCC1(C(=O)O)CCCN(C(C)c2ccc(F)cc2)C1. The number of rotatable bonds is 5. The highest BCUT2D eigenvalue weighted by Gasteiger charge is 2.42. The van der Waals surface area contributed by atoms with Crippen LogP contribution in [-0.4, -0.2) is 29.1 Å². The summed E-state index contributed by atoms with van der Waals surface area (Å²) in [5, 5.41) is 9.65. The zero-order chi connectivity index (χ0) is 15.5. The minimum atomic E-state index is -0.680. The van der Waals surface area contributed by atoms with E-state index in [1.807, 2.05) is 6.92 Å². The van der Waals surface area contributed by atoms with Crippen molar-refractivity contribution in [3.05, 3.63) is 35.6 Å². The quantitative estimate of drug-likeness (QED) is 0.896. The lowest BCUT2D eigenvalue weighted by Crippen LogP contribution is -2.48. The molecule has 3 nitrogen and oxygen atoms in total. The molecule has 0 bridgehead atoms. The molecule has 2 atom stereocenters. The van der Waals surface area contributed by atoms with Crippen LogP contribution >= 0.6 is 0 Å². The first kappa shape index (κ1) is 16.0. The maximum Gasteiger partial charge on any atom is 0.310 e. The number of hydrogen-bond donors (Lipinski definition) is 1. The number of benzene rings is 1. The second kappa shape index (κ2) is 6.56. The van der Waals surface area contributed by atoms with Gasteiger partial charge in [-0.1, -0.05) is 25.5 Å². The molecule has 21 heavy (non-hydrogen) atoms. The van der Waals surface area contributed by atoms with Crippen LogP contribution in [0.25, 0.3) is 0 Å². The van der Waals surface area contributed by atoms with Crippen LogP contribution in [0, 0.1) is 11.2 Å². The van der Waals surface area contributed by atoms with Gasteiger partial charge >= 0.3 is 5.97 Å². The molecule has 0 saturated carbocycles. The Hall–Kier alpha value is -1.42. The minimum Gasteiger partial charge on any atom is -0.481 e. The highest BCUT2D eigenvalue weighted by Crippen LogP contribution is 2.38. The van der Waals surface area contributed by atoms with Crippen molar-refractivity contribution in [3.8, 4) is 0 Å². The number of carboxylic acid groups (broad SMARTS) is 1. The second-order valence-corrected chi connectivity index (χ2v) is 6.14. The Labute approximate surface area is 125 Å². The molecule has 1 aliphatic heterocycles. The van der Waals surface area contributed by atoms with E-state index in [9.17, 15) is 14.3 Å². The molecule has 1 aliphatic rings. The van der Waals surface area contributed by atoms with Crippen LogP contribution in [0.2, 0.25) is 0 Å². The number of carbonyl (C=O) groups is 1. The highest BCUT2D eigenvalue weighted by molar-refractivity contribution is 5.75. The molecule has 4 heteroatoms. The topological polar surface area (TPSA) is 40.5 Å². The summed E-state index contributed by atoms with van der Waals surface area (Å²) in [5.41, 5.74) is 0.412. The second-order valence-electron chi connectivity index (χ2n) is 6.14. The lowest BCUT2D eigenvalue weighted by atomic mass is 9.76. The average Bonchev–Trinajstić information content (AvgIpc) is 2.48. The van der Waals surface area contributed by atoms with Gasteiger partial charge in [0.05, 0.1) is 5.41 Å². The lowest BCUT2D eigenvalue weighted by Gasteiger charge is -2.42. The first-order chi connectivity index (χ1) is 9.98. The number of hydrogen-bond acceptors (Lipinski definition) is 2. The van der Waals surface area contributed by atoms with E-state index in [0.717, 1.165) is 37.8 Å². The third kappa shape index (κ3) is 3.43. The molecule has 1 aromatic rings. The number of carboxylic acids is 1. The molecule has 0 aromatic heterocycles. The maximum absolute atomic E-state index is 13.0. The zero-order valence-electron chi connectivity index (χ0n) is 12.8. The summed E-state index contributed by atoms with van der Waals surface area (Å²) >= 11 is 0. The Morgan fingerprint density at radius 1 is 1.43 bits per heavy atom. The molecular weight excluding hydrogens is 269 g/mol. The molecule has 0 amide bonds. The van der Waals surface area contributed by atoms with Crippen LogP contribution in [0.3, 0.4) is 0 Å². The van der Waals surface area contributed by atoms with E-state index in [1.165, 1.54) is 12.1 Å². The van der Waals surface area contributed by atoms with E-state index in [-0.39, 0.29) is 11.9 Å². The monoisotopic (exact) mass is 293 g/mol. The fourth-order valence-corrected chi connectivity index (χ4v) is 3.41. The first-order valence-electron chi connectivity index (χ1n) is 7.71. The third-order valence-electron chi connectivity index (χ3n) is 4.69. The van der Waals surface area contributed by atoms with Crippen LogP contribution in [0.15, 0.2) is 24.3 Å². The molecule has 1 heterocycles. The first-order valence-corrected chi connectivity index (χ1v) is 7.71. The molecule has 116 valence electrons. The molecule has 2 unspecified atom stereocenters. The van der Waals surface area contributed by atoms with Gasteiger partial charge in [-0.25, -0.2) is 4.39 Å². The number of likely N-dealkylation sites (tertiary alicyclic amines) is 1. The van der Waals surface area contributed by atoms with Crippen molar-refractivity contribution in [2.24, 2.45) is 5.41 Å². The molecule has 1 aromatic carbocycles. The number of aliphatic carboxylic acids is 1. The number of halogens is 1. The standard InChI is InChI=1S/C17H24FNO2/c1-3-9-17(16(20)21)10-4-11-19(12-17)13(2)14-5-7-15(18)8-6-14/h5-8,13H,3-4,9-12H2,1-2H3,(H,20,21). The molecular formula is C17H24FNO2. The Balaban J connectivity index is 2.16. The summed E-state index contributed by atoms with van der Waals surface area (Å²) < 4.78 is 13.0. The smallest absolute Gasteiger partial charge is 0.310 e. The van der Waals surface area contributed by atoms with Gasteiger partial charge in [-0.15, -0.1) is 0 Å². The van der Waals surface area contributed by atoms with Crippen molar-refractivity contribution in [1.82, 2.24) is 4.90 Å². The highest BCUT2D eigenvalue weighted by atomic mass is 19.1. The number of piperidine rings is 1. The van der Waals surface area contributed by atoms with Crippen LogP contribution < -0.4 is 0 Å². The molecule has 0 spiro atoms. The van der Waals surface area contributed by atoms with Crippen molar-refractivity contribution in [3.63, 3.8) is 0 Å². The predicted octanol–water partition coefficient (Wildman–Crippen LogP) is 3.85. The normalized spacial score (nSPS) is 24.7. The fourth-order valence-electron chi connectivity index (χ4n) is 3.41. The molecule has 0 radical (unpaired) electrons. The molecule has 1 fully saturated rings. The average molecular weight is 293 g/mol. The molecule has 2 rings (SSSR count). The van der Waals surface area contributed by atoms with Crippen LogP contribution in [0.5, 0.6) is 0 Å². The third-order valence-corrected chi connectivity index (χ3v) is 4.69. The van der Waals surface area contributed by atoms with Crippen molar-refractivity contribution in [2.75, 3.05) is 13.1 Å². The number of nitrogens with zero attached hydrogens (tertiary/aromatic N) is 1. The Bertz CT molecular complexity index is 484. The van der Waals surface area contributed by atoms with Gasteiger partial charge in [-0.3, -0.25) is 9.69 Å². The van der Waals surface area contributed by atoms with Crippen LogP contribution in [0.1, 0.15) is 51.1 Å². The Morgan fingerprint density at radius 3 is 2.67 bits per heavy atom. The van der Waals surface area contributed by atoms with Gasteiger partial charge in [0.2, 0.25) is 0 Å². The van der Waals surface area contributed by atoms with E-state index >= 15 is 0 Å². The summed E-state index contributed by atoms with van der Waals surface area (Å²) in [6.45, 7) is 5.58. The summed E-state index contributed by atoms with van der Waals surface area (Å²) in [5.74, 6) is -0.921. The summed E-state index contributed by atoms with van der Waals surface area (Å²) in [6.07, 6.45) is 3.25. The lowest BCUT2D eigenvalue weighted by molar-refractivity contribution is -0.154. The van der Waals surface area contributed by atoms with E-state index in [2.05, 4.69) is 11.8 Å². The van der Waals surface area contributed by atoms with E-state index in [1.54, 1.807) is 12.1 Å². The van der Waals surface area contributed by atoms with E-state index < -0.39 is 11.4 Å². The van der Waals surface area contributed by atoms with Gasteiger partial charge in [-0.2, -0.15) is 0 Å². The largest absolute Gasteiger partial charge is 0.481 e.